The molecule has 28 heavy (non-hydrogen) atoms. The monoisotopic (exact) mass is 384 g/mol. The SMILES string of the molecule is CN=C(NCCc1cnn(C)c1)NCC(c1cccc(OC)c1)N1CCCC1. The molecular weight excluding hydrogens is 352 g/mol. The zero-order valence-electron chi connectivity index (χ0n) is 17.2. The maximum Gasteiger partial charge on any atom is 0.191 e. The van der Waals surface area contributed by atoms with E-state index < -0.39 is 0 Å². The maximum atomic E-state index is 5.43. The molecular formula is C21H32N6O. The molecule has 1 aliphatic heterocycles. The van der Waals surface area contributed by atoms with Crippen LogP contribution in [0.15, 0.2) is 41.7 Å². The molecule has 2 N–H and O–H groups in total. The van der Waals surface area contributed by atoms with Crippen molar-refractivity contribution < 1.29 is 4.74 Å². The molecule has 1 fully saturated rings. The Morgan fingerprint density at radius 1 is 1.29 bits per heavy atom. The fourth-order valence-corrected chi connectivity index (χ4v) is 3.70. The van der Waals surface area contributed by atoms with Gasteiger partial charge in [-0.15, -0.1) is 0 Å². The van der Waals surface area contributed by atoms with Crippen molar-refractivity contribution in [2.45, 2.75) is 25.3 Å². The Bertz CT molecular complexity index is 766. The average molecular weight is 385 g/mol. The number of ether oxygens (including phenoxy) is 1. The van der Waals surface area contributed by atoms with Crippen LogP contribution >= 0.6 is 0 Å². The highest BCUT2D eigenvalue weighted by atomic mass is 16.5. The number of hydrogen-bond acceptors (Lipinski definition) is 4. The maximum absolute atomic E-state index is 5.43. The van der Waals surface area contributed by atoms with Gasteiger partial charge in [0.1, 0.15) is 5.75 Å². The molecule has 0 saturated carbocycles. The number of rotatable bonds is 8. The third kappa shape index (κ3) is 5.48. The van der Waals surface area contributed by atoms with Crippen molar-refractivity contribution in [1.82, 2.24) is 25.3 Å². The van der Waals surface area contributed by atoms with Crippen LogP contribution in [0.5, 0.6) is 5.75 Å². The summed E-state index contributed by atoms with van der Waals surface area (Å²) in [7, 11) is 5.47. The van der Waals surface area contributed by atoms with Crippen molar-refractivity contribution >= 4 is 5.96 Å². The Balaban J connectivity index is 1.58. The zero-order chi connectivity index (χ0) is 19.8. The number of aliphatic imine (C=N–C) groups is 1. The van der Waals surface area contributed by atoms with E-state index in [1.807, 2.05) is 37.2 Å². The second-order valence-corrected chi connectivity index (χ2v) is 7.19. The highest BCUT2D eigenvalue weighted by molar-refractivity contribution is 5.79. The van der Waals surface area contributed by atoms with Crippen LogP contribution in [0, 0.1) is 0 Å². The second-order valence-electron chi connectivity index (χ2n) is 7.19. The average Bonchev–Trinajstić information content (AvgIpc) is 3.39. The third-order valence-corrected chi connectivity index (χ3v) is 5.21. The minimum atomic E-state index is 0.300. The Kier molecular flexibility index (Phi) is 7.31. The van der Waals surface area contributed by atoms with E-state index in [9.17, 15) is 0 Å². The van der Waals surface area contributed by atoms with Crippen LogP contribution in [-0.2, 0) is 13.5 Å². The van der Waals surface area contributed by atoms with E-state index in [0.717, 1.165) is 44.3 Å². The Labute approximate surface area is 167 Å². The molecule has 3 rings (SSSR count). The largest absolute Gasteiger partial charge is 0.497 e. The topological polar surface area (TPSA) is 66.7 Å². The minimum Gasteiger partial charge on any atom is -0.497 e. The first-order valence-corrected chi connectivity index (χ1v) is 9.99. The Morgan fingerprint density at radius 3 is 2.79 bits per heavy atom. The summed E-state index contributed by atoms with van der Waals surface area (Å²) < 4.78 is 7.26. The van der Waals surface area contributed by atoms with Gasteiger partial charge in [0.25, 0.3) is 0 Å². The van der Waals surface area contributed by atoms with Crippen LogP contribution < -0.4 is 15.4 Å². The quantitative estimate of drug-likeness (QED) is 0.538. The molecule has 1 aromatic heterocycles. The molecule has 1 saturated heterocycles. The summed E-state index contributed by atoms with van der Waals surface area (Å²) in [5.74, 6) is 1.73. The predicted molar refractivity (Wildman–Crippen MR) is 113 cm³/mol. The normalized spacial score (nSPS) is 16.2. The number of aryl methyl sites for hydroxylation is 1. The number of nitrogens with zero attached hydrogens (tertiary/aromatic N) is 4. The highest BCUT2D eigenvalue weighted by Crippen LogP contribution is 2.27. The van der Waals surface area contributed by atoms with Crippen molar-refractivity contribution in [1.29, 1.82) is 0 Å². The molecule has 0 bridgehead atoms. The molecule has 1 unspecified atom stereocenters. The van der Waals surface area contributed by atoms with Crippen LogP contribution in [0.4, 0.5) is 0 Å². The summed E-state index contributed by atoms with van der Waals surface area (Å²) in [6, 6.07) is 8.69. The van der Waals surface area contributed by atoms with Gasteiger partial charge >= 0.3 is 0 Å². The van der Waals surface area contributed by atoms with E-state index in [1.165, 1.54) is 24.0 Å². The lowest BCUT2D eigenvalue weighted by Crippen LogP contribution is -2.43. The summed E-state index contributed by atoms with van der Waals surface area (Å²) in [4.78, 5) is 6.93. The van der Waals surface area contributed by atoms with E-state index in [0.29, 0.717) is 6.04 Å². The summed E-state index contributed by atoms with van der Waals surface area (Å²) in [6.45, 7) is 3.89. The summed E-state index contributed by atoms with van der Waals surface area (Å²) in [5, 5.41) is 11.1. The standard InChI is InChI=1S/C21H32N6O/c1-22-21(23-10-9-17-14-25-26(2)16-17)24-15-20(27-11-4-5-12-27)18-7-6-8-19(13-18)28-3/h6-8,13-14,16,20H,4-5,9-12,15H2,1-3H3,(H2,22,23,24). The molecule has 1 aromatic carbocycles. The van der Waals surface area contributed by atoms with Gasteiger partial charge in [0.2, 0.25) is 0 Å². The van der Waals surface area contributed by atoms with Gasteiger partial charge in [0.05, 0.1) is 19.3 Å². The molecule has 0 radical (unpaired) electrons. The van der Waals surface area contributed by atoms with Crippen molar-refractivity contribution in [2.24, 2.45) is 12.0 Å². The highest BCUT2D eigenvalue weighted by Gasteiger charge is 2.24. The van der Waals surface area contributed by atoms with Crippen molar-refractivity contribution in [3.05, 3.63) is 47.8 Å². The van der Waals surface area contributed by atoms with Gasteiger partial charge in [0.15, 0.2) is 5.96 Å². The van der Waals surface area contributed by atoms with Gasteiger partial charge in [-0.25, -0.2) is 0 Å². The molecule has 0 spiro atoms. The van der Waals surface area contributed by atoms with Crippen molar-refractivity contribution in [3.8, 4) is 5.75 Å². The number of aromatic nitrogens is 2. The van der Waals surface area contributed by atoms with Crippen LogP contribution in [0.25, 0.3) is 0 Å². The van der Waals surface area contributed by atoms with Gasteiger partial charge in [-0.2, -0.15) is 5.10 Å². The van der Waals surface area contributed by atoms with Crippen LogP contribution in [0.3, 0.4) is 0 Å². The van der Waals surface area contributed by atoms with Crippen LogP contribution in [0.1, 0.15) is 30.0 Å². The predicted octanol–water partition coefficient (Wildman–Crippen LogP) is 1.97. The lowest BCUT2D eigenvalue weighted by Gasteiger charge is -2.29. The molecule has 1 aliphatic rings. The Morgan fingerprint density at radius 2 is 2.11 bits per heavy atom. The van der Waals surface area contributed by atoms with E-state index in [2.05, 4.69) is 43.8 Å². The number of nitrogens with one attached hydrogen (secondary N) is 2. The summed E-state index contributed by atoms with van der Waals surface area (Å²) in [5.41, 5.74) is 2.50. The number of methoxy groups -OCH3 is 1. The third-order valence-electron chi connectivity index (χ3n) is 5.21. The zero-order valence-corrected chi connectivity index (χ0v) is 17.2. The molecule has 2 aromatic rings. The van der Waals surface area contributed by atoms with Crippen molar-refractivity contribution in [3.63, 3.8) is 0 Å². The lowest BCUT2D eigenvalue weighted by molar-refractivity contribution is 0.245. The number of guanidine groups is 1. The van der Waals surface area contributed by atoms with Gasteiger partial charge in [0, 0.05) is 33.4 Å². The van der Waals surface area contributed by atoms with E-state index in [1.54, 1.807) is 7.11 Å². The fourth-order valence-electron chi connectivity index (χ4n) is 3.70. The van der Waals surface area contributed by atoms with E-state index in [-0.39, 0.29) is 0 Å². The minimum absolute atomic E-state index is 0.300. The molecule has 0 aliphatic carbocycles. The van der Waals surface area contributed by atoms with Gasteiger partial charge in [-0.1, -0.05) is 12.1 Å². The second kappa shape index (κ2) is 10.1. The smallest absolute Gasteiger partial charge is 0.191 e. The summed E-state index contributed by atoms with van der Waals surface area (Å²) >= 11 is 0. The van der Waals surface area contributed by atoms with Crippen LogP contribution in [-0.4, -0.2) is 61.0 Å². The van der Waals surface area contributed by atoms with Crippen LogP contribution in [0.2, 0.25) is 0 Å². The number of hydrogen-bond donors (Lipinski definition) is 2. The number of benzene rings is 1. The van der Waals surface area contributed by atoms with Gasteiger partial charge in [-0.3, -0.25) is 14.6 Å². The first-order valence-electron chi connectivity index (χ1n) is 9.99. The first-order chi connectivity index (χ1) is 13.7. The molecule has 2 heterocycles. The summed E-state index contributed by atoms with van der Waals surface area (Å²) in [6.07, 6.45) is 7.39. The molecule has 7 heteroatoms. The van der Waals surface area contributed by atoms with E-state index in [4.69, 9.17) is 4.74 Å². The number of likely N-dealkylation sites (tertiary alicyclic amines) is 1. The molecule has 0 amide bonds. The van der Waals surface area contributed by atoms with Gasteiger partial charge in [-0.05, 0) is 55.6 Å². The van der Waals surface area contributed by atoms with E-state index >= 15 is 0 Å². The molecule has 152 valence electrons. The molecule has 1 atom stereocenters. The van der Waals surface area contributed by atoms with Crippen molar-refractivity contribution in [2.75, 3.05) is 40.3 Å². The first kappa shape index (κ1) is 20.2. The Hall–Kier alpha value is -2.54. The van der Waals surface area contributed by atoms with Gasteiger partial charge < -0.3 is 15.4 Å². The fraction of sp³-hybridized carbons (Fsp3) is 0.524. The molecule has 7 nitrogen and oxygen atoms in total. The lowest BCUT2D eigenvalue weighted by atomic mass is 10.1.